The van der Waals surface area contributed by atoms with E-state index in [1.54, 1.807) is 0 Å². The summed E-state index contributed by atoms with van der Waals surface area (Å²) in [6, 6.07) is 12.7. The molecule has 2 atom stereocenters. The highest BCUT2D eigenvalue weighted by Crippen LogP contribution is 2.40. The van der Waals surface area contributed by atoms with Gasteiger partial charge in [-0.1, -0.05) is 42.6 Å². The minimum absolute atomic E-state index is 0.108. The minimum Gasteiger partial charge on any atom is -0.309 e. The van der Waals surface area contributed by atoms with Crippen LogP contribution in [0.5, 0.6) is 0 Å². The molecule has 3 rings (SSSR count). The van der Waals surface area contributed by atoms with Crippen LogP contribution in [0.25, 0.3) is 0 Å². The van der Waals surface area contributed by atoms with E-state index >= 15 is 0 Å². The van der Waals surface area contributed by atoms with E-state index in [0.29, 0.717) is 6.04 Å². The van der Waals surface area contributed by atoms with Gasteiger partial charge in [0.2, 0.25) is 0 Å². The molecule has 2 aromatic rings. The summed E-state index contributed by atoms with van der Waals surface area (Å²) in [4.78, 5) is 4.09. The Balaban J connectivity index is 1.85. The van der Waals surface area contributed by atoms with E-state index in [1.807, 2.05) is 24.5 Å². The molecule has 1 aromatic heterocycles. The van der Waals surface area contributed by atoms with Crippen molar-refractivity contribution in [2.24, 2.45) is 0 Å². The summed E-state index contributed by atoms with van der Waals surface area (Å²) in [5.74, 6) is 0. The first kappa shape index (κ1) is 16.4. The normalized spacial score (nSPS) is 24.5. The average Bonchev–Trinajstić information content (AvgIpc) is 2.61. The van der Waals surface area contributed by atoms with E-state index in [0.717, 1.165) is 24.4 Å². The fourth-order valence-electron chi connectivity index (χ4n) is 3.77. The zero-order chi connectivity index (χ0) is 16.1. The van der Waals surface area contributed by atoms with Gasteiger partial charge < -0.3 is 10.6 Å². The number of likely N-dealkylation sites (N-methyl/N-ethyl adjacent to an activating group) is 1. The van der Waals surface area contributed by atoms with Gasteiger partial charge in [-0.15, -0.1) is 0 Å². The molecule has 1 aromatic carbocycles. The summed E-state index contributed by atoms with van der Waals surface area (Å²) in [6.07, 6.45) is 8.41. The van der Waals surface area contributed by atoms with Crippen LogP contribution in [-0.2, 0) is 12.1 Å². The van der Waals surface area contributed by atoms with Gasteiger partial charge in [-0.05, 0) is 49.2 Å². The smallest absolute Gasteiger partial charge is 0.0602 e. The molecule has 1 heterocycles. The standard InChI is InChI=1S/C19H24ClN3/c1-21-19(16-6-2-3-7-17(16)20)11-5-4-8-18(19)23-14-15-9-12-22-13-10-15/h2-3,6-7,9-10,12-13,18,21,23H,4-5,8,11,14H2,1H3/t18-,19+/m0/s1. The lowest BCUT2D eigenvalue weighted by Crippen LogP contribution is -2.57. The molecule has 1 fully saturated rings. The van der Waals surface area contributed by atoms with E-state index < -0.39 is 0 Å². The minimum atomic E-state index is -0.108. The molecule has 4 heteroatoms. The van der Waals surface area contributed by atoms with Gasteiger partial charge in [0, 0.05) is 30.0 Å². The van der Waals surface area contributed by atoms with Crippen LogP contribution in [0.1, 0.15) is 36.8 Å². The van der Waals surface area contributed by atoms with Crippen molar-refractivity contribution in [3.8, 4) is 0 Å². The first-order valence-electron chi connectivity index (χ1n) is 8.32. The molecule has 1 aliphatic rings. The number of pyridine rings is 1. The van der Waals surface area contributed by atoms with Crippen LogP contribution in [0.4, 0.5) is 0 Å². The van der Waals surface area contributed by atoms with Crippen LogP contribution in [0.15, 0.2) is 48.8 Å². The molecule has 1 saturated carbocycles. The van der Waals surface area contributed by atoms with Crippen molar-refractivity contribution >= 4 is 11.6 Å². The Hall–Kier alpha value is -1.42. The van der Waals surface area contributed by atoms with Crippen molar-refractivity contribution in [2.75, 3.05) is 7.05 Å². The quantitative estimate of drug-likeness (QED) is 0.874. The van der Waals surface area contributed by atoms with Gasteiger partial charge in [-0.25, -0.2) is 0 Å². The van der Waals surface area contributed by atoms with Gasteiger partial charge >= 0.3 is 0 Å². The maximum Gasteiger partial charge on any atom is 0.0602 e. The van der Waals surface area contributed by atoms with Crippen molar-refractivity contribution in [3.05, 3.63) is 64.9 Å². The van der Waals surface area contributed by atoms with Crippen LogP contribution in [0.2, 0.25) is 5.02 Å². The van der Waals surface area contributed by atoms with E-state index in [4.69, 9.17) is 11.6 Å². The molecule has 0 unspecified atom stereocenters. The van der Waals surface area contributed by atoms with E-state index in [-0.39, 0.29) is 5.54 Å². The highest BCUT2D eigenvalue weighted by atomic mass is 35.5. The highest BCUT2D eigenvalue weighted by Gasteiger charge is 2.41. The molecular weight excluding hydrogens is 306 g/mol. The number of benzene rings is 1. The number of hydrogen-bond acceptors (Lipinski definition) is 3. The lowest BCUT2D eigenvalue weighted by molar-refractivity contribution is 0.177. The Bertz CT molecular complexity index is 632. The Morgan fingerprint density at radius 3 is 2.70 bits per heavy atom. The van der Waals surface area contributed by atoms with Crippen LogP contribution < -0.4 is 10.6 Å². The highest BCUT2D eigenvalue weighted by molar-refractivity contribution is 6.31. The fourth-order valence-corrected chi connectivity index (χ4v) is 4.07. The van der Waals surface area contributed by atoms with Crippen molar-refractivity contribution in [1.29, 1.82) is 0 Å². The summed E-state index contributed by atoms with van der Waals surface area (Å²) in [5, 5.41) is 8.20. The molecular formula is C19H24ClN3. The topological polar surface area (TPSA) is 37.0 Å². The Labute approximate surface area is 143 Å². The van der Waals surface area contributed by atoms with Gasteiger partial charge in [0.05, 0.1) is 5.54 Å². The van der Waals surface area contributed by atoms with Gasteiger partial charge in [0.25, 0.3) is 0 Å². The predicted molar refractivity (Wildman–Crippen MR) is 95.5 cm³/mol. The molecule has 122 valence electrons. The Morgan fingerprint density at radius 1 is 1.17 bits per heavy atom. The third kappa shape index (κ3) is 3.42. The van der Waals surface area contributed by atoms with Crippen molar-refractivity contribution in [1.82, 2.24) is 15.6 Å². The molecule has 0 spiro atoms. The molecule has 23 heavy (non-hydrogen) atoms. The molecule has 2 N–H and O–H groups in total. The second kappa shape index (κ2) is 7.43. The first-order chi connectivity index (χ1) is 11.3. The second-order valence-electron chi connectivity index (χ2n) is 6.24. The maximum atomic E-state index is 6.53. The third-order valence-corrected chi connectivity index (χ3v) is 5.34. The van der Waals surface area contributed by atoms with E-state index in [1.165, 1.54) is 24.0 Å². The van der Waals surface area contributed by atoms with Crippen molar-refractivity contribution in [3.63, 3.8) is 0 Å². The number of rotatable bonds is 5. The van der Waals surface area contributed by atoms with E-state index in [9.17, 15) is 0 Å². The average molecular weight is 330 g/mol. The Kier molecular flexibility index (Phi) is 5.31. The second-order valence-corrected chi connectivity index (χ2v) is 6.64. The monoisotopic (exact) mass is 329 g/mol. The van der Waals surface area contributed by atoms with Gasteiger partial charge in [0.1, 0.15) is 0 Å². The SMILES string of the molecule is CN[C@@]1(c2ccccc2Cl)CCCC[C@@H]1NCc1ccncc1. The van der Waals surface area contributed by atoms with Crippen LogP contribution in [0, 0.1) is 0 Å². The van der Waals surface area contributed by atoms with Gasteiger partial charge in [-0.2, -0.15) is 0 Å². The van der Waals surface area contributed by atoms with Crippen LogP contribution >= 0.6 is 11.6 Å². The number of hydrogen-bond donors (Lipinski definition) is 2. The molecule has 1 aliphatic carbocycles. The predicted octanol–water partition coefficient (Wildman–Crippen LogP) is 3.88. The lowest BCUT2D eigenvalue weighted by atomic mass is 9.72. The zero-order valence-electron chi connectivity index (χ0n) is 13.6. The number of nitrogens with zero attached hydrogens (tertiary/aromatic N) is 1. The number of aromatic nitrogens is 1. The Morgan fingerprint density at radius 2 is 1.96 bits per heavy atom. The third-order valence-electron chi connectivity index (χ3n) is 5.01. The molecule has 3 nitrogen and oxygen atoms in total. The van der Waals surface area contributed by atoms with Crippen LogP contribution in [0.3, 0.4) is 0 Å². The lowest BCUT2D eigenvalue weighted by Gasteiger charge is -2.45. The summed E-state index contributed by atoms with van der Waals surface area (Å²) in [5.41, 5.74) is 2.36. The van der Waals surface area contributed by atoms with Crippen molar-refractivity contribution < 1.29 is 0 Å². The molecule has 0 saturated heterocycles. The molecule has 0 amide bonds. The number of nitrogens with one attached hydrogen (secondary N) is 2. The number of halogens is 1. The van der Waals surface area contributed by atoms with Crippen molar-refractivity contribution in [2.45, 2.75) is 43.8 Å². The maximum absolute atomic E-state index is 6.53. The summed E-state index contributed by atoms with van der Waals surface area (Å²) in [6.45, 7) is 0.848. The van der Waals surface area contributed by atoms with Gasteiger partial charge in [0.15, 0.2) is 0 Å². The summed E-state index contributed by atoms with van der Waals surface area (Å²) >= 11 is 6.53. The fraction of sp³-hybridized carbons (Fsp3) is 0.421. The molecule has 0 radical (unpaired) electrons. The van der Waals surface area contributed by atoms with E-state index in [2.05, 4.69) is 46.9 Å². The molecule has 0 bridgehead atoms. The largest absolute Gasteiger partial charge is 0.309 e. The molecule has 0 aliphatic heterocycles. The summed E-state index contributed by atoms with van der Waals surface area (Å²) < 4.78 is 0. The van der Waals surface area contributed by atoms with Gasteiger partial charge in [-0.3, -0.25) is 4.98 Å². The van der Waals surface area contributed by atoms with Crippen LogP contribution in [-0.4, -0.2) is 18.1 Å². The summed E-state index contributed by atoms with van der Waals surface area (Å²) in [7, 11) is 2.05. The zero-order valence-corrected chi connectivity index (χ0v) is 14.3. The first-order valence-corrected chi connectivity index (χ1v) is 8.70.